The molecule has 2 aliphatic rings. The van der Waals surface area contributed by atoms with E-state index < -0.39 is 0 Å². The predicted molar refractivity (Wildman–Crippen MR) is 69.6 cm³/mol. The highest BCUT2D eigenvalue weighted by atomic mass is 14.5. The van der Waals surface area contributed by atoms with E-state index in [-0.39, 0.29) is 0 Å². The Balaban J connectivity index is 2.14. The summed E-state index contributed by atoms with van der Waals surface area (Å²) in [6, 6.07) is 6.56. The summed E-state index contributed by atoms with van der Waals surface area (Å²) >= 11 is 0. The molecule has 2 atom stereocenters. The highest BCUT2D eigenvalue weighted by molar-refractivity contribution is 6.32. The van der Waals surface area contributed by atoms with Crippen LogP contribution in [0.2, 0.25) is 0 Å². The maximum atomic E-state index is 5.94. The average molecular weight is 210 g/mol. The molecule has 3 rings (SSSR count). The van der Waals surface area contributed by atoms with Crippen LogP contribution in [0.4, 0.5) is 0 Å². The number of hydrogen-bond acceptors (Lipinski definition) is 0. The minimum absolute atomic E-state index is 0.355. The highest BCUT2D eigenvalue weighted by Gasteiger charge is 2.46. The predicted octanol–water partition coefficient (Wildman–Crippen LogP) is 3.05. The van der Waals surface area contributed by atoms with Crippen LogP contribution in [0.15, 0.2) is 18.2 Å². The first-order chi connectivity index (χ1) is 7.60. The van der Waals surface area contributed by atoms with Gasteiger partial charge in [-0.3, -0.25) is 0 Å². The molecule has 0 nitrogen and oxygen atoms in total. The molecule has 0 amide bonds. The largest absolute Gasteiger partial charge is 0.113 e. The molecule has 0 aliphatic heterocycles. The molecule has 0 saturated heterocycles. The van der Waals surface area contributed by atoms with Gasteiger partial charge in [-0.05, 0) is 41.2 Å². The maximum absolute atomic E-state index is 5.94. The van der Waals surface area contributed by atoms with Crippen molar-refractivity contribution in [2.45, 2.75) is 50.9 Å². The normalized spacial score (nSPS) is 30.9. The maximum Gasteiger partial charge on any atom is 0.113 e. The quantitative estimate of drug-likeness (QED) is 0.577. The number of rotatable bonds is 0. The van der Waals surface area contributed by atoms with E-state index in [0.29, 0.717) is 5.41 Å². The third kappa shape index (κ3) is 1.30. The van der Waals surface area contributed by atoms with Crippen molar-refractivity contribution in [2.24, 2.45) is 5.92 Å². The first kappa shape index (κ1) is 10.4. The fraction of sp³-hybridized carbons (Fsp3) is 0.600. The zero-order chi connectivity index (χ0) is 11.3. The van der Waals surface area contributed by atoms with Gasteiger partial charge in [0.25, 0.3) is 0 Å². The second-order valence-electron chi connectivity index (χ2n) is 6.07. The van der Waals surface area contributed by atoms with Gasteiger partial charge >= 0.3 is 0 Å². The average Bonchev–Trinajstić information content (AvgIpc) is 2.49. The molecule has 16 heavy (non-hydrogen) atoms. The second-order valence-corrected chi connectivity index (χ2v) is 6.07. The van der Waals surface area contributed by atoms with Gasteiger partial charge in [0.1, 0.15) is 7.85 Å². The first-order valence-electron chi connectivity index (χ1n) is 6.50. The van der Waals surface area contributed by atoms with Gasteiger partial charge in [0.2, 0.25) is 0 Å². The van der Waals surface area contributed by atoms with Crippen molar-refractivity contribution in [3.8, 4) is 0 Å². The molecule has 1 heteroatoms. The molecular formula is C15H19B. The van der Waals surface area contributed by atoms with Crippen molar-refractivity contribution in [3.63, 3.8) is 0 Å². The van der Waals surface area contributed by atoms with Crippen LogP contribution in [0.5, 0.6) is 0 Å². The van der Waals surface area contributed by atoms with Crippen molar-refractivity contribution in [1.29, 1.82) is 0 Å². The molecule has 0 heterocycles. The summed E-state index contributed by atoms with van der Waals surface area (Å²) < 4.78 is 0. The van der Waals surface area contributed by atoms with Crippen LogP contribution in [0.3, 0.4) is 0 Å². The van der Waals surface area contributed by atoms with E-state index in [1.807, 2.05) is 0 Å². The van der Waals surface area contributed by atoms with Crippen LogP contribution in [0.1, 0.15) is 56.6 Å². The Kier molecular flexibility index (Phi) is 2.21. The fourth-order valence-corrected chi connectivity index (χ4v) is 4.04. The van der Waals surface area contributed by atoms with Gasteiger partial charge in [-0.15, -0.1) is 0 Å². The Labute approximate surface area is 99.9 Å². The molecule has 1 aromatic carbocycles. The summed E-state index contributed by atoms with van der Waals surface area (Å²) in [5.41, 5.74) is 4.39. The molecular weight excluding hydrogens is 191 g/mol. The minimum Gasteiger partial charge on any atom is -0.0964 e. The summed E-state index contributed by atoms with van der Waals surface area (Å²) in [5.74, 6) is 1.63. The van der Waals surface area contributed by atoms with Crippen LogP contribution in [-0.4, -0.2) is 7.85 Å². The highest BCUT2D eigenvalue weighted by Crippen LogP contribution is 2.55. The van der Waals surface area contributed by atoms with Crippen molar-refractivity contribution in [3.05, 3.63) is 29.3 Å². The zero-order valence-electron chi connectivity index (χ0n) is 10.3. The van der Waals surface area contributed by atoms with Crippen LogP contribution in [0, 0.1) is 5.92 Å². The lowest BCUT2D eigenvalue weighted by molar-refractivity contribution is 0.233. The monoisotopic (exact) mass is 210 g/mol. The van der Waals surface area contributed by atoms with E-state index in [9.17, 15) is 0 Å². The molecule has 1 unspecified atom stereocenters. The van der Waals surface area contributed by atoms with Crippen molar-refractivity contribution < 1.29 is 0 Å². The summed E-state index contributed by atoms with van der Waals surface area (Å²) in [6.45, 7) is 4.83. The van der Waals surface area contributed by atoms with E-state index in [0.717, 1.165) is 17.3 Å². The summed E-state index contributed by atoms with van der Waals surface area (Å²) in [6.07, 6.45) is 5.57. The third-order valence-corrected chi connectivity index (χ3v) is 4.86. The molecule has 0 N–H and O–H groups in total. The molecule has 0 aromatic heterocycles. The summed E-state index contributed by atoms with van der Waals surface area (Å²) in [5, 5.41) is 0. The Morgan fingerprint density at radius 3 is 2.75 bits per heavy atom. The van der Waals surface area contributed by atoms with Crippen molar-refractivity contribution in [1.82, 2.24) is 0 Å². The van der Waals surface area contributed by atoms with Crippen LogP contribution < -0.4 is 5.46 Å². The van der Waals surface area contributed by atoms with Crippen molar-refractivity contribution in [2.75, 3.05) is 0 Å². The lowest BCUT2D eigenvalue weighted by atomic mass is 9.70. The molecule has 1 saturated carbocycles. The number of fused-ring (bicyclic) bond motifs is 3. The molecule has 82 valence electrons. The van der Waals surface area contributed by atoms with Gasteiger partial charge in [0.05, 0.1) is 0 Å². The lowest BCUT2D eigenvalue weighted by Crippen LogP contribution is -2.27. The standard InChI is InChI=1S/C15H19B/c1-15(2)13-6-4-3-5-11(13)12-9-10(16)7-8-14(12)15/h7-9,11,13H,3-6H2,1-2H3/t11?,13-/m1/s1. The number of hydrogen-bond donors (Lipinski definition) is 0. The van der Waals surface area contributed by atoms with E-state index in [1.165, 1.54) is 25.7 Å². The van der Waals surface area contributed by atoms with Crippen molar-refractivity contribution >= 4 is 13.3 Å². The summed E-state index contributed by atoms with van der Waals surface area (Å²) in [4.78, 5) is 0. The summed E-state index contributed by atoms with van der Waals surface area (Å²) in [7, 11) is 5.94. The van der Waals surface area contributed by atoms with E-state index in [2.05, 4.69) is 32.0 Å². The van der Waals surface area contributed by atoms with E-state index >= 15 is 0 Å². The SMILES string of the molecule is [B]c1ccc2c(c1)C1CCCC[C@H]1C2(C)C. The molecule has 0 bridgehead atoms. The van der Waals surface area contributed by atoms with Gasteiger partial charge in [0, 0.05) is 0 Å². The topological polar surface area (TPSA) is 0 Å². The van der Waals surface area contributed by atoms with Gasteiger partial charge in [-0.25, -0.2) is 0 Å². The minimum atomic E-state index is 0.355. The Morgan fingerprint density at radius 2 is 1.94 bits per heavy atom. The lowest BCUT2D eigenvalue weighted by Gasteiger charge is -2.34. The smallest absolute Gasteiger partial charge is 0.0964 e. The fourth-order valence-electron chi connectivity index (χ4n) is 4.04. The zero-order valence-corrected chi connectivity index (χ0v) is 10.3. The van der Waals surface area contributed by atoms with Gasteiger partial charge in [-0.1, -0.05) is 50.4 Å². The Bertz CT molecular complexity index is 419. The first-order valence-corrected chi connectivity index (χ1v) is 6.50. The molecule has 2 aliphatic carbocycles. The third-order valence-electron chi connectivity index (χ3n) is 4.86. The Morgan fingerprint density at radius 1 is 1.19 bits per heavy atom. The van der Waals surface area contributed by atoms with E-state index in [1.54, 1.807) is 11.1 Å². The molecule has 1 fully saturated rings. The molecule has 1 aromatic rings. The van der Waals surface area contributed by atoms with Gasteiger partial charge in [-0.2, -0.15) is 0 Å². The number of benzene rings is 1. The Hall–Kier alpha value is -0.715. The van der Waals surface area contributed by atoms with Crippen LogP contribution >= 0.6 is 0 Å². The molecule has 0 spiro atoms. The molecule has 2 radical (unpaired) electrons. The van der Waals surface area contributed by atoms with E-state index in [4.69, 9.17) is 7.85 Å². The van der Waals surface area contributed by atoms with Gasteiger partial charge < -0.3 is 0 Å². The van der Waals surface area contributed by atoms with Crippen LogP contribution in [-0.2, 0) is 5.41 Å². The van der Waals surface area contributed by atoms with Crippen LogP contribution in [0.25, 0.3) is 0 Å². The van der Waals surface area contributed by atoms with Gasteiger partial charge in [0.15, 0.2) is 0 Å². The second kappa shape index (κ2) is 3.39.